The van der Waals surface area contributed by atoms with Crippen molar-refractivity contribution in [1.29, 1.82) is 0 Å². The fraction of sp³-hybridized carbons (Fsp3) is 0.421. The Morgan fingerprint density at radius 3 is 2.24 bits per heavy atom. The van der Waals surface area contributed by atoms with Crippen LogP contribution in [0.5, 0.6) is 0 Å². The molecular formula is C19H24N2O4. The molecule has 6 heteroatoms. The lowest BCUT2D eigenvalue weighted by atomic mass is 10.1. The highest BCUT2D eigenvalue weighted by atomic mass is 16.5. The summed E-state index contributed by atoms with van der Waals surface area (Å²) < 4.78 is 10.2. The number of aryl methyl sites for hydroxylation is 1. The standard InChI is InChI=1S/C19H24N2O4/c1-7-24-18(22)16-10(3)14(20-12(16)5)9-15-11(4)17(13(6)21-15)19(23)25-8-2/h9,20H,7-8H2,1-6H3/b15-9-. The lowest BCUT2D eigenvalue weighted by Gasteiger charge is -2.04. The number of allylic oxidation sites excluding steroid dienone is 1. The van der Waals surface area contributed by atoms with Crippen molar-refractivity contribution in [3.8, 4) is 0 Å². The molecule has 0 spiro atoms. The van der Waals surface area contributed by atoms with Gasteiger partial charge in [-0.1, -0.05) is 0 Å². The molecule has 1 aromatic heterocycles. The zero-order valence-corrected chi connectivity index (χ0v) is 15.6. The number of nitrogens with zero attached hydrogens (tertiary/aromatic N) is 1. The molecule has 1 aromatic rings. The summed E-state index contributed by atoms with van der Waals surface area (Å²) in [5.41, 5.74) is 5.44. The average molecular weight is 344 g/mol. The number of hydrogen-bond acceptors (Lipinski definition) is 5. The van der Waals surface area contributed by atoms with E-state index in [0.29, 0.717) is 35.8 Å². The number of aromatic nitrogens is 1. The number of ether oxygens (including phenoxy) is 2. The monoisotopic (exact) mass is 344 g/mol. The van der Waals surface area contributed by atoms with Gasteiger partial charge in [0.1, 0.15) is 0 Å². The van der Waals surface area contributed by atoms with Gasteiger partial charge in [-0.05, 0) is 58.8 Å². The van der Waals surface area contributed by atoms with Crippen molar-refractivity contribution in [1.82, 2.24) is 4.98 Å². The second-order valence-electron chi connectivity index (χ2n) is 5.83. The Labute approximate surface area is 147 Å². The fourth-order valence-corrected chi connectivity index (χ4v) is 2.93. The number of rotatable bonds is 5. The molecule has 0 saturated carbocycles. The molecule has 0 unspecified atom stereocenters. The Bertz CT molecular complexity index is 810. The first kappa shape index (κ1) is 18.7. The van der Waals surface area contributed by atoms with Crippen molar-refractivity contribution >= 4 is 23.7 Å². The van der Waals surface area contributed by atoms with Crippen LogP contribution in [0.15, 0.2) is 21.8 Å². The van der Waals surface area contributed by atoms with Crippen LogP contribution in [-0.4, -0.2) is 35.8 Å². The number of aliphatic imine (C=N–C) groups is 1. The Morgan fingerprint density at radius 1 is 1.04 bits per heavy atom. The first-order chi connectivity index (χ1) is 11.8. The third-order valence-corrected chi connectivity index (χ3v) is 4.13. The molecule has 2 rings (SSSR count). The minimum Gasteiger partial charge on any atom is -0.462 e. The van der Waals surface area contributed by atoms with Crippen molar-refractivity contribution < 1.29 is 19.1 Å². The zero-order valence-electron chi connectivity index (χ0n) is 15.6. The molecule has 25 heavy (non-hydrogen) atoms. The van der Waals surface area contributed by atoms with Gasteiger partial charge >= 0.3 is 11.9 Å². The summed E-state index contributed by atoms with van der Waals surface area (Å²) in [6.45, 7) is 11.5. The molecule has 0 aliphatic carbocycles. The van der Waals surface area contributed by atoms with Crippen LogP contribution in [0.3, 0.4) is 0 Å². The second kappa shape index (κ2) is 7.51. The molecule has 1 N–H and O–H groups in total. The smallest absolute Gasteiger partial charge is 0.340 e. The van der Waals surface area contributed by atoms with Crippen LogP contribution in [0, 0.1) is 13.8 Å². The van der Waals surface area contributed by atoms with Crippen LogP contribution in [0.1, 0.15) is 55.0 Å². The number of carbonyl (C=O) groups is 2. The first-order valence-electron chi connectivity index (χ1n) is 8.33. The molecule has 1 aliphatic heterocycles. The minimum absolute atomic E-state index is 0.319. The number of hydrogen-bond donors (Lipinski definition) is 1. The molecule has 0 atom stereocenters. The number of H-pyrrole nitrogens is 1. The summed E-state index contributed by atoms with van der Waals surface area (Å²) >= 11 is 0. The number of esters is 2. The van der Waals surface area contributed by atoms with E-state index in [-0.39, 0.29) is 11.9 Å². The lowest BCUT2D eigenvalue weighted by molar-refractivity contribution is -0.137. The van der Waals surface area contributed by atoms with Crippen molar-refractivity contribution in [3.05, 3.63) is 39.4 Å². The maximum atomic E-state index is 12.1. The third kappa shape index (κ3) is 3.57. The van der Waals surface area contributed by atoms with Crippen LogP contribution >= 0.6 is 0 Å². The fourth-order valence-electron chi connectivity index (χ4n) is 2.93. The van der Waals surface area contributed by atoms with Crippen molar-refractivity contribution in [3.63, 3.8) is 0 Å². The molecule has 0 amide bonds. The largest absolute Gasteiger partial charge is 0.462 e. The zero-order chi connectivity index (χ0) is 18.7. The highest BCUT2D eigenvalue weighted by Gasteiger charge is 2.26. The molecule has 134 valence electrons. The molecule has 0 fully saturated rings. The van der Waals surface area contributed by atoms with Gasteiger partial charge in [-0.2, -0.15) is 0 Å². The highest BCUT2D eigenvalue weighted by molar-refractivity contribution is 6.22. The summed E-state index contributed by atoms with van der Waals surface area (Å²) in [6.07, 6.45) is 1.84. The van der Waals surface area contributed by atoms with Gasteiger partial charge in [-0.25, -0.2) is 9.59 Å². The molecule has 6 nitrogen and oxygen atoms in total. The number of nitrogens with one attached hydrogen (secondary N) is 1. The normalized spacial score (nSPS) is 15.6. The van der Waals surface area contributed by atoms with E-state index in [1.807, 2.05) is 26.8 Å². The van der Waals surface area contributed by atoms with E-state index < -0.39 is 0 Å². The Hall–Kier alpha value is -2.63. The van der Waals surface area contributed by atoms with Crippen molar-refractivity contribution in [2.75, 3.05) is 13.2 Å². The van der Waals surface area contributed by atoms with E-state index in [0.717, 1.165) is 22.5 Å². The van der Waals surface area contributed by atoms with E-state index >= 15 is 0 Å². The maximum absolute atomic E-state index is 12.1. The van der Waals surface area contributed by atoms with Gasteiger partial charge < -0.3 is 14.5 Å². The van der Waals surface area contributed by atoms with Gasteiger partial charge in [0.25, 0.3) is 0 Å². The van der Waals surface area contributed by atoms with Crippen molar-refractivity contribution in [2.45, 2.75) is 41.5 Å². The molecule has 0 bridgehead atoms. The van der Waals surface area contributed by atoms with Gasteiger partial charge in [0, 0.05) is 11.4 Å². The van der Waals surface area contributed by atoms with E-state index in [1.165, 1.54) is 0 Å². The SMILES string of the molecule is CCOC(=O)C1=C(C)/C(=C/c2[nH]c(C)c(C(=O)OCC)c2C)N=C1C. The lowest BCUT2D eigenvalue weighted by Crippen LogP contribution is -2.12. The summed E-state index contributed by atoms with van der Waals surface area (Å²) in [5.74, 6) is -0.708. The first-order valence-corrected chi connectivity index (χ1v) is 8.33. The van der Waals surface area contributed by atoms with E-state index in [2.05, 4.69) is 9.98 Å². The van der Waals surface area contributed by atoms with Crippen LogP contribution in [0.2, 0.25) is 0 Å². The van der Waals surface area contributed by atoms with Crippen LogP contribution in [0.4, 0.5) is 0 Å². The summed E-state index contributed by atoms with van der Waals surface area (Å²) in [4.78, 5) is 31.9. The molecule has 0 radical (unpaired) electrons. The van der Waals surface area contributed by atoms with Crippen LogP contribution < -0.4 is 0 Å². The summed E-state index contributed by atoms with van der Waals surface area (Å²) in [6, 6.07) is 0. The van der Waals surface area contributed by atoms with Crippen molar-refractivity contribution in [2.24, 2.45) is 4.99 Å². The van der Waals surface area contributed by atoms with Gasteiger partial charge in [-0.3, -0.25) is 4.99 Å². The quantitative estimate of drug-likeness (QED) is 0.829. The Kier molecular flexibility index (Phi) is 5.62. The topological polar surface area (TPSA) is 80.8 Å². The third-order valence-electron chi connectivity index (χ3n) is 4.13. The second-order valence-corrected chi connectivity index (χ2v) is 5.83. The predicted molar refractivity (Wildman–Crippen MR) is 96.6 cm³/mol. The van der Waals surface area contributed by atoms with Gasteiger partial charge in [0.05, 0.1) is 35.8 Å². The Morgan fingerprint density at radius 2 is 1.64 bits per heavy atom. The van der Waals surface area contributed by atoms with Crippen LogP contribution in [-0.2, 0) is 14.3 Å². The average Bonchev–Trinajstić information content (AvgIpc) is 2.96. The molecule has 0 aromatic carbocycles. The van der Waals surface area contributed by atoms with Gasteiger partial charge in [-0.15, -0.1) is 0 Å². The molecule has 0 saturated heterocycles. The van der Waals surface area contributed by atoms with Gasteiger partial charge in [0.15, 0.2) is 0 Å². The van der Waals surface area contributed by atoms with E-state index in [1.54, 1.807) is 20.8 Å². The predicted octanol–water partition coefficient (Wildman–Crippen LogP) is 3.50. The number of aromatic amines is 1. The van der Waals surface area contributed by atoms with E-state index in [4.69, 9.17) is 9.47 Å². The Balaban J connectivity index is 2.44. The molecular weight excluding hydrogens is 320 g/mol. The highest BCUT2D eigenvalue weighted by Crippen LogP contribution is 2.29. The number of carbonyl (C=O) groups excluding carboxylic acids is 2. The van der Waals surface area contributed by atoms with Crippen LogP contribution in [0.25, 0.3) is 6.08 Å². The molecule has 2 heterocycles. The summed E-state index contributed by atoms with van der Waals surface area (Å²) in [5, 5.41) is 0. The minimum atomic E-state index is -0.365. The van der Waals surface area contributed by atoms with Gasteiger partial charge in [0.2, 0.25) is 0 Å². The van der Waals surface area contributed by atoms with E-state index in [9.17, 15) is 9.59 Å². The maximum Gasteiger partial charge on any atom is 0.340 e. The summed E-state index contributed by atoms with van der Waals surface area (Å²) in [7, 11) is 0. The molecule has 1 aliphatic rings.